The van der Waals surface area contributed by atoms with Gasteiger partial charge >= 0.3 is 0 Å². The van der Waals surface area contributed by atoms with Crippen molar-refractivity contribution in [3.63, 3.8) is 0 Å². The normalized spacial score (nSPS) is 10.7. The summed E-state index contributed by atoms with van der Waals surface area (Å²) >= 11 is 0. The highest BCUT2D eigenvalue weighted by atomic mass is 16.5. The fraction of sp³-hybridized carbons (Fsp3) is 0.200. The quantitative estimate of drug-likeness (QED) is 0.753. The minimum Gasteiger partial charge on any atom is -0.377 e. The zero-order valence-corrected chi connectivity index (χ0v) is 13.7. The molecule has 0 unspecified atom stereocenters. The van der Waals surface area contributed by atoms with E-state index in [0.29, 0.717) is 25.5 Å². The summed E-state index contributed by atoms with van der Waals surface area (Å²) in [5.74, 6) is -0.174. The molecular weight excluding hydrogens is 300 g/mol. The van der Waals surface area contributed by atoms with Crippen LogP contribution < -0.4 is 5.32 Å². The molecule has 0 spiro atoms. The van der Waals surface area contributed by atoms with E-state index in [9.17, 15) is 4.79 Å². The Morgan fingerprint density at radius 2 is 1.75 bits per heavy atom. The van der Waals surface area contributed by atoms with Gasteiger partial charge in [0.1, 0.15) is 5.69 Å². The molecule has 1 N–H and O–H groups in total. The van der Waals surface area contributed by atoms with Gasteiger partial charge < -0.3 is 10.1 Å². The van der Waals surface area contributed by atoms with Crippen LogP contribution in [-0.2, 0) is 17.9 Å². The van der Waals surface area contributed by atoms with E-state index in [1.165, 1.54) is 0 Å². The molecule has 0 aliphatic heterocycles. The van der Waals surface area contributed by atoms with Gasteiger partial charge in [-0.3, -0.25) is 4.79 Å². The van der Waals surface area contributed by atoms with Crippen LogP contribution in [0.4, 0.5) is 0 Å². The van der Waals surface area contributed by atoms with Crippen molar-refractivity contribution in [2.75, 3.05) is 6.61 Å². The molecule has 1 heterocycles. The van der Waals surface area contributed by atoms with Gasteiger partial charge in [-0.05, 0) is 30.2 Å². The lowest BCUT2D eigenvalue weighted by Crippen LogP contribution is -2.24. The van der Waals surface area contributed by atoms with Crippen LogP contribution in [0.1, 0.15) is 28.5 Å². The van der Waals surface area contributed by atoms with E-state index in [0.717, 1.165) is 22.0 Å². The minimum absolute atomic E-state index is 0.174. The molecule has 0 fully saturated rings. The molecule has 0 atom stereocenters. The number of ether oxygens (including phenoxy) is 1. The summed E-state index contributed by atoms with van der Waals surface area (Å²) in [6.45, 7) is 3.64. The number of carbonyl (C=O) groups is 1. The van der Waals surface area contributed by atoms with Crippen molar-refractivity contribution < 1.29 is 9.53 Å². The Labute approximate surface area is 141 Å². The molecule has 4 nitrogen and oxygen atoms in total. The van der Waals surface area contributed by atoms with Gasteiger partial charge in [-0.25, -0.2) is 4.98 Å². The second-order valence-corrected chi connectivity index (χ2v) is 5.48. The lowest BCUT2D eigenvalue weighted by molar-refractivity contribution is 0.0945. The van der Waals surface area contributed by atoms with Crippen molar-refractivity contribution >= 4 is 16.8 Å². The van der Waals surface area contributed by atoms with Gasteiger partial charge in [0.2, 0.25) is 0 Å². The first-order valence-corrected chi connectivity index (χ1v) is 8.06. The first-order chi connectivity index (χ1) is 11.8. The van der Waals surface area contributed by atoms with Crippen LogP contribution in [0, 0.1) is 0 Å². The highest BCUT2D eigenvalue weighted by Gasteiger charge is 2.09. The van der Waals surface area contributed by atoms with E-state index < -0.39 is 0 Å². The molecule has 3 rings (SSSR count). The molecule has 0 saturated heterocycles. The monoisotopic (exact) mass is 320 g/mol. The average molecular weight is 320 g/mol. The summed E-state index contributed by atoms with van der Waals surface area (Å²) < 4.78 is 5.47. The van der Waals surface area contributed by atoms with Gasteiger partial charge in [-0.15, -0.1) is 0 Å². The van der Waals surface area contributed by atoms with E-state index in [1.54, 1.807) is 6.07 Å². The lowest BCUT2D eigenvalue weighted by atomic mass is 10.1. The molecule has 0 aliphatic rings. The van der Waals surface area contributed by atoms with E-state index in [1.807, 2.05) is 61.5 Å². The molecule has 0 saturated carbocycles. The third kappa shape index (κ3) is 3.78. The number of aromatic nitrogens is 1. The number of nitrogens with zero attached hydrogens (tertiary/aromatic N) is 1. The number of nitrogens with one attached hydrogen (secondary N) is 1. The van der Waals surface area contributed by atoms with Crippen LogP contribution in [0.5, 0.6) is 0 Å². The van der Waals surface area contributed by atoms with Gasteiger partial charge in [-0.2, -0.15) is 0 Å². The fourth-order valence-electron chi connectivity index (χ4n) is 2.54. The topological polar surface area (TPSA) is 51.2 Å². The number of amides is 1. The van der Waals surface area contributed by atoms with Crippen molar-refractivity contribution in [1.82, 2.24) is 10.3 Å². The molecule has 1 aromatic heterocycles. The SMILES string of the molecule is CCOCc1ccccc1CNC(=O)c1ccc2ccccc2n1. The molecule has 0 aliphatic carbocycles. The van der Waals surface area contributed by atoms with Gasteiger partial charge in [-0.1, -0.05) is 48.5 Å². The lowest BCUT2D eigenvalue weighted by Gasteiger charge is -2.11. The summed E-state index contributed by atoms with van der Waals surface area (Å²) in [6.07, 6.45) is 0. The van der Waals surface area contributed by atoms with Crippen LogP contribution >= 0.6 is 0 Å². The van der Waals surface area contributed by atoms with Gasteiger partial charge in [0.15, 0.2) is 0 Å². The Balaban J connectivity index is 1.70. The maximum atomic E-state index is 12.4. The number of carbonyl (C=O) groups excluding carboxylic acids is 1. The van der Waals surface area contributed by atoms with E-state index >= 15 is 0 Å². The molecule has 0 bridgehead atoms. The average Bonchev–Trinajstić information content (AvgIpc) is 2.64. The van der Waals surface area contributed by atoms with Crippen LogP contribution in [0.15, 0.2) is 60.7 Å². The molecule has 122 valence electrons. The third-order valence-electron chi connectivity index (χ3n) is 3.85. The maximum Gasteiger partial charge on any atom is 0.270 e. The number of benzene rings is 2. The summed E-state index contributed by atoms with van der Waals surface area (Å²) in [5.41, 5.74) is 3.39. The minimum atomic E-state index is -0.174. The Morgan fingerprint density at radius 1 is 1.00 bits per heavy atom. The summed E-state index contributed by atoms with van der Waals surface area (Å²) in [5, 5.41) is 3.96. The molecule has 4 heteroatoms. The number of fused-ring (bicyclic) bond motifs is 1. The van der Waals surface area contributed by atoms with Crippen molar-refractivity contribution in [3.8, 4) is 0 Å². The second-order valence-electron chi connectivity index (χ2n) is 5.48. The zero-order valence-electron chi connectivity index (χ0n) is 13.7. The highest BCUT2D eigenvalue weighted by molar-refractivity contribution is 5.94. The molecule has 24 heavy (non-hydrogen) atoms. The highest BCUT2D eigenvalue weighted by Crippen LogP contribution is 2.13. The van der Waals surface area contributed by atoms with Crippen LogP contribution in [0.3, 0.4) is 0 Å². The first-order valence-electron chi connectivity index (χ1n) is 8.06. The van der Waals surface area contributed by atoms with Gasteiger partial charge in [0.05, 0.1) is 12.1 Å². The Hall–Kier alpha value is -2.72. The Kier molecular flexibility index (Phi) is 5.18. The van der Waals surface area contributed by atoms with E-state index in [4.69, 9.17) is 4.74 Å². The molecule has 2 aromatic carbocycles. The van der Waals surface area contributed by atoms with Crippen molar-refractivity contribution in [2.24, 2.45) is 0 Å². The van der Waals surface area contributed by atoms with Crippen LogP contribution in [0.25, 0.3) is 10.9 Å². The van der Waals surface area contributed by atoms with Crippen molar-refractivity contribution in [3.05, 3.63) is 77.5 Å². The predicted octanol–water partition coefficient (Wildman–Crippen LogP) is 3.70. The molecule has 0 radical (unpaired) electrons. The fourth-order valence-corrected chi connectivity index (χ4v) is 2.54. The first kappa shape index (κ1) is 16.1. The summed E-state index contributed by atoms with van der Waals surface area (Å²) in [7, 11) is 0. The molecular formula is C20H20N2O2. The van der Waals surface area contributed by atoms with Crippen molar-refractivity contribution in [1.29, 1.82) is 0 Å². The maximum absolute atomic E-state index is 12.4. The number of rotatable bonds is 6. The number of hydrogen-bond donors (Lipinski definition) is 1. The number of pyridine rings is 1. The molecule has 3 aromatic rings. The Morgan fingerprint density at radius 3 is 2.58 bits per heavy atom. The standard InChI is InChI=1S/C20H20N2O2/c1-2-24-14-17-9-4-3-8-16(17)13-21-20(23)19-12-11-15-7-5-6-10-18(15)22-19/h3-12H,2,13-14H2,1H3,(H,21,23). The smallest absolute Gasteiger partial charge is 0.270 e. The Bertz CT molecular complexity index is 846. The largest absolute Gasteiger partial charge is 0.377 e. The van der Waals surface area contributed by atoms with E-state index in [2.05, 4.69) is 10.3 Å². The van der Waals surface area contributed by atoms with Crippen molar-refractivity contribution in [2.45, 2.75) is 20.1 Å². The van der Waals surface area contributed by atoms with E-state index in [-0.39, 0.29) is 5.91 Å². The molecule has 1 amide bonds. The van der Waals surface area contributed by atoms with Gasteiger partial charge in [0.25, 0.3) is 5.91 Å². The van der Waals surface area contributed by atoms with Crippen LogP contribution in [-0.4, -0.2) is 17.5 Å². The number of hydrogen-bond acceptors (Lipinski definition) is 3. The van der Waals surface area contributed by atoms with Gasteiger partial charge in [0, 0.05) is 18.5 Å². The predicted molar refractivity (Wildman–Crippen MR) is 94.7 cm³/mol. The summed E-state index contributed by atoms with van der Waals surface area (Å²) in [4.78, 5) is 16.8. The zero-order chi connectivity index (χ0) is 16.8. The third-order valence-corrected chi connectivity index (χ3v) is 3.85. The number of para-hydroxylation sites is 1. The summed E-state index contributed by atoms with van der Waals surface area (Å²) in [6, 6.07) is 19.4. The second kappa shape index (κ2) is 7.70. The van der Waals surface area contributed by atoms with Crippen LogP contribution in [0.2, 0.25) is 0 Å².